The average molecular weight is 292 g/mol. The van der Waals surface area contributed by atoms with Gasteiger partial charge in [-0.2, -0.15) is 0 Å². The highest BCUT2D eigenvalue weighted by Gasteiger charge is 2.13. The van der Waals surface area contributed by atoms with Crippen molar-refractivity contribution in [2.24, 2.45) is 0 Å². The molecule has 0 fully saturated rings. The Balaban J connectivity index is 1.89. The fourth-order valence-electron chi connectivity index (χ4n) is 1.85. The van der Waals surface area contributed by atoms with Crippen LogP contribution in [0.5, 0.6) is 0 Å². The number of nitrogens with zero attached hydrogens (tertiary/aromatic N) is 1. The highest BCUT2D eigenvalue weighted by molar-refractivity contribution is 7.09. The van der Waals surface area contributed by atoms with E-state index in [4.69, 9.17) is 4.74 Å². The van der Waals surface area contributed by atoms with Crippen LogP contribution >= 0.6 is 11.3 Å². The number of ether oxygens (including phenoxy) is 1. The van der Waals surface area contributed by atoms with Crippen molar-refractivity contribution < 1.29 is 9.66 Å². The van der Waals surface area contributed by atoms with Crippen molar-refractivity contribution >= 4 is 22.7 Å². The van der Waals surface area contributed by atoms with Crippen LogP contribution in [0.25, 0.3) is 0 Å². The van der Waals surface area contributed by atoms with Crippen molar-refractivity contribution in [3.63, 3.8) is 0 Å². The topological polar surface area (TPSA) is 64.4 Å². The first kappa shape index (κ1) is 14.5. The van der Waals surface area contributed by atoms with E-state index in [0.717, 1.165) is 12.0 Å². The lowest BCUT2D eigenvalue weighted by molar-refractivity contribution is -0.384. The first-order chi connectivity index (χ1) is 9.70. The summed E-state index contributed by atoms with van der Waals surface area (Å²) in [4.78, 5) is 11.8. The molecule has 0 aliphatic carbocycles. The van der Waals surface area contributed by atoms with E-state index in [0.29, 0.717) is 18.9 Å². The largest absolute Gasteiger partial charge is 0.383 e. The van der Waals surface area contributed by atoms with Crippen LogP contribution in [0.1, 0.15) is 10.4 Å². The van der Waals surface area contributed by atoms with Crippen LogP contribution in [-0.4, -0.2) is 18.6 Å². The number of anilines is 1. The van der Waals surface area contributed by atoms with E-state index in [2.05, 4.69) is 11.4 Å². The van der Waals surface area contributed by atoms with Gasteiger partial charge in [-0.3, -0.25) is 10.1 Å². The Kier molecular flexibility index (Phi) is 5.09. The maximum absolute atomic E-state index is 10.9. The standard InChI is InChI=1S/C14H16N2O3S/c1-15-13-5-4-11(9-14(13)16(17)18)10-19-7-6-12-3-2-8-20-12/h2-5,8-9,15H,6-7,10H2,1H3. The molecule has 1 aromatic carbocycles. The van der Waals surface area contributed by atoms with Crippen LogP contribution in [0.2, 0.25) is 0 Å². The molecule has 0 amide bonds. The average Bonchev–Trinajstić information content (AvgIpc) is 2.96. The highest BCUT2D eigenvalue weighted by atomic mass is 32.1. The van der Waals surface area contributed by atoms with E-state index in [1.165, 1.54) is 4.88 Å². The van der Waals surface area contributed by atoms with E-state index >= 15 is 0 Å². The third-order valence-electron chi connectivity index (χ3n) is 2.87. The third-order valence-corrected chi connectivity index (χ3v) is 3.81. The molecule has 0 saturated carbocycles. The van der Waals surface area contributed by atoms with Gasteiger partial charge in [-0.25, -0.2) is 0 Å². The van der Waals surface area contributed by atoms with Gasteiger partial charge >= 0.3 is 0 Å². The maximum atomic E-state index is 10.9. The molecule has 0 unspecified atom stereocenters. The van der Waals surface area contributed by atoms with E-state index < -0.39 is 0 Å². The normalized spacial score (nSPS) is 10.4. The van der Waals surface area contributed by atoms with Gasteiger partial charge in [0.05, 0.1) is 18.1 Å². The zero-order valence-corrected chi connectivity index (χ0v) is 12.0. The molecule has 5 nitrogen and oxygen atoms in total. The van der Waals surface area contributed by atoms with Crippen LogP contribution in [0.15, 0.2) is 35.7 Å². The fraction of sp³-hybridized carbons (Fsp3) is 0.286. The van der Waals surface area contributed by atoms with Crippen molar-refractivity contribution in [2.45, 2.75) is 13.0 Å². The fourth-order valence-corrected chi connectivity index (χ4v) is 2.54. The summed E-state index contributed by atoms with van der Waals surface area (Å²) in [6.07, 6.45) is 0.869. The minimum Gasteiger partial charge on any atom is -0.383 e. The molecule has 1 aromatic heterocycles. The molecule has 2 aromatic rings. The highest BCUT2D eigenvalue weighted by Crippen LogP contribution is 2.25. The quantitative estimate of drug-likeness (QED) is 0.482. The lowest BCUT2D eigenvalue weighted by atomic mass is 10.2. The predicted molar refractivity (Wildman–Crippen MR) is 80.3 cm³/mol. The Hall–Kier alpha value is -1.92. The maximum Gasteiger partial charge on any atom is 0.292 e. The first-order valence-electron chi connectivity index (χ1n) is 6.26. The van der Waals surface area contributed by atoms with E-state index in [1.807, 2.05) is 17.5 Å². The van der Waals surface area contributed by atoms with Gasteiger partial charge in [0.1, 0.15) is 5.69 Å². The minimum atomic E-state index is -0.388. The van der Waals surface area contributed by atoms with Gasteiger partial charge in [-0.15, -0.1) is 11.3 Å². The molecule has 106 valence electrons. The summed E-state index contributed by atoms with van der Waals surface area (Å²) in [5.41, 5.74) is 1.39. The van der Waals surface area contributed by atoms with Gasteiger partial charge in [-0.05, 0) is 23.1 Å². The Bertz CT molecular complexity index is 570. The number of hydrogen-bond donors (Lipinski definition) is 1. The summed E-state index contributed by atoms with van der Waals surface area (Å²) >= 11 is 1.70. The molecule has 20 heavy (non-hydrogen) atoms. The molecule has 1 heterocycles. The summed E-state index contributed by atoms with van der Waals surface area (Å²) in [7, 11) is 1.67. The number of benzene rings is 1. The van der Waals surface area contributed by atoms with Gasteiger partial charge < -0.3 is 10.1 Å². The molecule has 0 radical (unpaired) electrons. The van der Waals surface area contributed by atoms with Crippen LogP contribution in [0.3, 0.4) is 0 Å². The molecule has 0 spiro atoms. The zero-order chi connectivity index (χ0) is 14.4. The Labute approximate surface area is 121 Å². The summed E-state index contributed by atoms with van der Waals surface area (Å²) < 4.78 is 5.56. The first-order valence-corrected chi connectivity index (χ1v) is 7.14. The van der Waals surface area contributed by atoms with Crippen LogP contribution in [0, 0.1) is 10.1 Å². The lowest BCUT2D eigenvalue weighted by Gasteiger charge is -2.06. The number of nitro benzene ring substituents is 1. The molecule has 6 heteroatoms. The van der Waals surface area contributed by atoms with Crippen LogP contribution in [0.4, 0.5) is 11.4 Å². The van der Waals surface area contributed by atoms with Crippen molar-refractivity contribution in [1.82, 2.24) is 0 Å². The van der Waals surface area contributed by atoms with Crippen molar-refractivity contribution in [3.05, 3.63) is 56.3 Å². The molecule has 0 saturated heterocycles. The number of hydrogen-bond acceptors (Lipinski definition) is 5. The summed E-state index contributed by atoms with van der Waals surface area (Å²) in [6, 6.07) is 9.18. The molecule has 0 aliphatic rings. The summed E-state index contributed by atoms with van der Waals surface area (Å²) in [5, 5.41) is 15.8. The molecule has 0 aliphatic heterocycles. The predicted octanol–water partition coefficient (Wildman–Crippen LogP) is 3.46. The van der Waals surface area contributed by atoms with Crippen molar-refractivity contribution in [2.75, 3.05) is 19.0 Å². The van der Waals surface area contributed by atoms with Crippen molar-refractivity contribution in [3.8, 4) is 0 Å². The molecule has 0 atom stereocenters. The Morgan fingerprint density at radius 2 is 2.25 bits per heavy atom. The number of nitrogens with one attached hydrogen (secondary N) is 1. The molecule has 1 N–H and O–H groups in total. The van der Waals surface area contributed by atoms with Gasteiger partial charge in [-0.1, -0.05) is 12.1 Å². The Morgan fingerprint density at radius 3 is 2.90 bits per heavy atom. The van der Waals surface area contributed by atoms with Crippen LogP contribution < -0.4 is 5.32 Å². The second-order valence-corrected chi connectivity index (χ2v) is 5.27. The van der Waals surface area contributed by atoms with E-state index in [-0.39, 0.29) is 10.6 Å². The molecular weight excluding hydrogens is 276 g/mol. The number of nitro groups is 1. The van der Waals surface area contributed by atoms with E-state index in [9.17, 15) is 10.1 Å². The molecule has 0 bridgehead atoms. The zero-order valence-electron chi connectivity index (χ0n) is 11.2. The second kappa shape index (κ2) is 7.02. The minimum absolute atomic E-state index is 0.0758. The molecule has 2 rings (SSSR count). The van der Waals surface area contributed by atoms with Gasteiger partial charge in [0, 0.05) is 24.4 Å². The monoisotopic (exact) mass is 292 g/mol. The van der Waals surface area contributed by atoms with E-state index in [1.54, 1.807) is 30.5 Å². The Morgan fingerprint density at radius 1 is 1.40 bits per heavy atom. The van der Waals surface area contributed by atoms with Gasteiger partial charge in [0.15, 0.2) is 0 Å². The van der Waals surface area contributed by atoms with Crippen molar-refractivity contribution in [1.29, 1.82) is 0 Å². The second-order valence-electron chi connectivity index (χ2n) is 4.24. The number of thiophene rings is 1. The SMILES string of the molecule is CNc1ccc(COCCc2cccs2)cc1[N+](=O)[O-]. The third kappa shape index (κ3) is 3.79. The van der Waals surface area contributed by atoms with Gasteiger partial charge in [0.25, 0.3) is 5.69 Å². The van der Waals surface area contributed by atoms with Crippen LogP contribution in [-0.2, 0) is 17.8 Å². The lowest BCUT2D eigenvalue weighted by Crippen LogP contribution is -2.01. The van der Waals surface area contributed by atoms with Gasteiger partial charge in [0.2, 0.25) is 0 Å². The smallest absolute Gasteiger partial charge is 0.292 e. The summed E-state index contributed by atoms with van der Waals surface area (Å²) in [5.74, 6) is 0. The molecular formula is C14H16N2O3S. The summed E-state index contributed by atoms with van der Waals surface area (Å²) in [6.45, 7) is 0.998. The number of rotatable bonds is 7.